The van der Waals surface area contributed by atoms with Crippen molar-refractivity contribution in [1.29, 1.82) is 0 Å². The van der Waals surface area contributed by atoms with Gasteiger partial charge in [0.25, 0.3) is 0 Å². The molecule has 1 aromatic rings. The average Bonchev–Trinajstić information content (AvgIpc) is 2.39. The lowest BCUT2D eigenvalue weighted by molar-refractivity contribution is -0.137. The smallest absolute Gasteiger partial charge is 0.324 e. The summed E-state index contributed by atoms with van der Waals surface area (Å²) in [5.41, 5.74) is 7.05. The molecular formula is C15H20F3N. The summed E-state index contributed by atoms with van der Waals surface area (Å²) < 4.78 is 38.7. The summed E-state index contributed by atoms with van der Waals surface area (Å²) in [5, 5.41) is 0. The van der Waals surface area contributed by atoms with Crippen molar-refractivity contribution in [3.05, 3.63) is 34.9 Å². The van der Waals surface area contributed by atoms with Crippen LogP contribution in [0.4, 0.5) is 13.2 Å². The number of rotatable bonds is 2. The van der Waals surface area contributed by atoms with Crippen LogP contribution in [0, 0.1) is 0 Å². The summed E-state index contributed by atoms with van der Waals surface area (Å²) in [6, 6.07) is 3.91. The predicted molar refractivity (Wildman–Crippen MR) is 69.9 cm³/mol. The van der Waals surface area contributed by atoms with Crippen molar-refractivity contribution < 1.29 is 13.2 Å². The topological polar surface area (TPSA) is 26.0 Å². The molecule has 0 bridgehead atoms. The maximum Gasteiger partial charge on any atom is 0.416 e. The van der Waals surface area contributed by atoms with E-state index in [0.717, 1.165) is 42.9 Å². The zero-order chi connectivity index (χ0) is 14.3. The minimum atomic E-state index is -4.29. The van der Waals surface area contributed by atoms with E-state index in [2.05, 4.69) is 0 Å². The quantitative estimate of drug-likeness (QED) is 0.838. The average molecular weight is 271 g/mol. The van der Waals surface area contributed by atoms with Crippen LogP contribution in [0.3, 0.4) is 0 Å². The second-order valence-corrected chi connectivity index (χ2v) is 5.43. The van der Waals surface area contributed by atoms with Gasteiger partial charge in [-0.05, 0) is 54.4 Å². The molecule has 1 aliphatic rings. The number of nitrogens with two attached hydrogens (primary N) is 1. The zero-order valence-electron chi connectivity index (χ0n) is 11.3. The molecule has 1 aliphatic carbocycles. The molecule has 0 spiro atoms. The Morgan fingerprint density at radius 3 is 2.42 bits per heavy atom. The van der Waals surface area contributed by atoms with Crippen molar-refractivity contribution in [2.24, 2.45) is 5.73 Å². The first-order valence-electron chi connectivity index (χ1n) is 6.81. The molecular weight excluding hydrogens is 251 g/mol. The van der Waals surface area contributed by atoms with Crippen LogP contribution in [0.1, 0.15) is 62.3 Å². The van der Waals surface area contributed by atoms with Gasteiger partial charge in [0.15, 0.2) is 0 Å². The third-order valence-corrected chi connectivity index (χ3v) is 4.64. The molecule has 0 fully saturated rings. The molecule has 0 radical (unpaired) electrons. The Bertz CT molecular complexity index is 461. The molecule has 106 valence electrons. The van der Waals surface area contributed by atoms with E-state index in [9.17, 15) is 13.2 Å². The molecule has 0 aromatic heterocycles. The van der Waals surface area contributed by atoms with Crippen LogP contribution < -0.4 is 5.73 Å². The molecule has 1 unspecified atom stereocenters. The maximum atomic E-state index is 12.9. The Balaban J connectivity index is 2.60. The molecule has 4 heteroatoms. The number of benzene rings is 1. The second-order valence-electron chi connectivity index (χ2n) is 5.43. The van der Waals surface area contributed by atoms with E-state index in [0.29, 0.717) is 0 Å². The van der Waals surface area contributed by atoms with Gasteiger partial charge in [0.05, 0.1) is 5.56 Å². The fourth-order valence-electron chi connectivity index (χ4n) is 3.22. The lowest BCUT2D eigenvalue weighted by Gasteiger charge is -2.40. The van der Waals surface area contributed by atoms with Crippen LogP contribution in [0.5, 0.6) is 0 Å². The number of hydrogen-bond acceptors (Lipinski definition) is 1. The number of alkyl halides is 3. The molecule has 1 nitrogen and oxygen atoms in total. The highest BCUT2D eigenvalue weighted by molar-refractivity contribution is 5.42. The highest BCUT2D eigenvalue weighted by atomic mass is 19.4. The van der Waals surface area contributed by atoms with E-state index in [1.807, 2.05) is 13.8 Å². The first-order chi connectivity index (χ1) is 8.84. The van der Waals surface area contributed by atoms with E-state index in [1.54, 1.807) is 6.07 Å². The van der Waals surface area contributed by atoms with Crippen molar-refractivity contribution in [3.63, 3.8) is 0 Å². The van der Waals surface area contributed by atoms with Gasteiger partial charge in [-0.3, -0.25) is 0 Å². The van der Waals surface area contributed by atoms with Crippen molar-refractivity contribution in [1.82, 2.24) is 0 Å². The molecule has 0 saturated carbocycles. The summed E-state index contributed by atoms with van der Waals surface area (Å²) in [6.07, 6.45) is -0.867. The fraction of sp³-hybridized carbons (Fsp3) is 0.600. The van der Waals surface area contributed by atoms with Crippen LogP contribution in [0.2, 0.25) is 0 Å². The van der Waals surface area contributed by atoms with Gasteiger partial charge in [-0.15, -0.1) is 0 Å². The summed E-state index contributed by atoms with van der Waals surface area (Å²) in [4.78, 5) is 0. The van der Waals surface area contributed by atoms with E-state index in [1.165, 1.54) is 6.07 Å². The third kappa shape index (κ3) is 2.38. The molecule has 2 N–H and O–H groups in total. The Hall–Kier alpha value is -1.03. The van der Waals surface area contributed by atoms with Gasteiger partial charge in [-0.1, -0.05) is 19.9 Å². The highest BCUT2D eigenvalue weighted by Crippen LogP contribution is 2.47. The van der Waals surface area contributed by atoms with Crippen molar-refractivity contribution in [2.45, 2.75) is 57.2 Å². The normalized spacial score (nSPS) is 22.1. The van der Waals surface area contributed by atoms with Gasteiger partial charge in [0.1, 0.15) is 0 Å². The predicted octanol–water partition coefficient (Wildman–Crippen LogP) is 4.56. The number of fused-ring (bicyclic) bond motifs is 1. The SMILES string of the molecule is CCC1(CC)CCC(N)c2ccc(C(F)(F)F)cc21. The van der Waals surface area contributed by atoms with Crippen LogP contribution in [0.25, 0.3) is 0 Å². The van der Waals surface area contributed by atoms with Crippen LogP contribution in [-0.4, -0.2) is 0 Å². The van der Waals surface area contributed by atoms with Gasteiger partial charge < -0.3 is 5.73 Å². The van der Waals surface area contributed by atoms with Crippen molar-refractivity contribution in [2.75, 3.05) is 0 Å². The van der Waals surface area contributed by atoms with Gasteiger partial charge in [-0.2, -0.15) is 13.2 Å². The standard InChI is InChI=1S/C15H20F3N/c1-3-14(4-2)8-7-13(19)11-6-5-10(9-12(11)14)15(16,17)18/h5-6,9,13H,3-4,7-8,19H2,1-2H3. The lowest BCUT2D eigenvalue weighted by atomic mass is 9.65. The fourth-order valence-corrected chi connectivity index (χ4v) is 3.22. The van der Waals surface area contributed by atoms with E-state index in [4.69, 9.17) is 5.73 Å². The summed E-state index contributed by atoms with van der Waals surface area (Å²) in [6.45, 7) is 4.09. The highest BCUT2D eigenvalue weighted by Gasteiger charge is 2.39. The third-order valence-electron chi connectivity index (χ3n) is 4.64. The Morgan fingerprint density at radius 1 is 1.26 bits per heavy atom. The number of halogens is 3. The van der Waals surface area contributed by atoms with Crippen molar-refractivity contribution >= 4 is 0 Å². The van der Waals surface area contributed by atoms with Crippen LogP contribution in [0.15, 0.2) is 18.2 Å². The van der Waals surface area contributed by atoms with E-state index >= 15 is 0 Å². The van der Waals surface area contributed by atoms with Crippen LogP contribution in [-0.2, 0) is 11.6 Å². The summed E-state index contributed by atoms with van der Waals surface area (Å²) in [5.74, 6) is 0. The maximum absolute atomic E-state index is 12.9. The van der Waals surface area contributed by atoms with Gasteiger partial charge in [-0.25, -0.2) is 0 Å². The Labute approximate surface area is 112 Å². The zero-order valence-corrected chi connectivity index (χ0v) is 11.3. The monoisotopic (exact) mass is 271 g/mol. The van der Waals surface area contributed by atoms with Crippen molar-refractivity contribution in [3.8, 4) is 0 Å². The molecule has 0 amide bonds. The van der Waals surface area contributed by atoms with Gasteiger partial charge >= 0.3 is 6.18 Å². The first kappa shape index (κ1) is 14.4. The van der Waals surface area contributed by atoms with Crippen LogP contribution >= 0.6 is 0 Å². The Morgan fingerprint density at radius 2 is 1.89 bits per heavy atom. The number of hydrogen-bond donors (Lipinski definition) is 1. The minimum Gasteiger partial charge on any atom is -0.324 e. The molecule has 2 rings (SSSR count). The molecule has 19 heavy (non-hydrogen) atoms. The molecule has 0 aliphatic heterocycles. The van der Waals surface area contributed by atoms with Gasteiger partial charge in [0.2, 0.25) is 0 Å². The summed E-state index contributed by atoms with van der Waals surface area (Å²) in [7, 11) is 0. The lowest BCUT2D eigenvalue weighted by Crippen LogP contribution is -2.34. The van der Waals surface area contributed by atoms with E-state index < -0.39 is 11.7 Å². The Kier molecular flexibility index (Phi) is 3.65. The second kappa shape index (κ2) is 4.82. The molecule has 1 aromatic carbocycles. The first-order valence-corrected chi connectivity index (χ1v) is 6.81. The molecule has 0 saturated heterocycles. The summed E-state index contributed by atoms with van der Waals surface area (Å²) >= 11 is 0. The molecule has 1 atom stereocenters. The van der Waals surface area contributed by atoms with Gasteiger partial charge in [0, 0.05) is 6.04 Å². The molecule has 0 heterocycles. The van der Waals surface area contributed by atoms with E-state index in [-0.39, 0.29) is 11.5 Å². The largest absolute Gasteiger partial charge is 0.416 e. The minimum absolute atomic E-state index is 0.136.